The highest BCUT2D eigenvalue weighted by atomic mass is 19.3. The molecule has 0 radical (unpaired) electrons. The van der Waals surface area contributed by atoms with Gasteiger partial charge in [0.1, 0.15) is 6.17 Å². The first-order valence-electron chi connectivity index (χ1n) is 7.04. The largest absolute Gasteiger partial charge is 0.417 e. The van der Waals surface area contributed by atoms with Crippen molar-refractivity contribution in [3.8, 4) is 5.88 Å². The number of fused-ring (bicyclic) bond motifs is 1. The summed E-state index contributed by atoms with van der Waals surface area (Å²) < 4.78 is 41.4. The monoisotopic (exact) mass is 319 g/mol. The molecule has 2 amide bonds. The number of ether oxygens (including phenoxy) is 1. The maximum Gasteiger partial charge on any atom is 0.388 e. The Bertz CT molecular complexity index is 582. The zero-order chi connectivity index (χ0) is 15.7. The van der Waals surface area contributed by atoms with E-state index >= 15 is 0 Å². The van der Waals surface area contributed by atoms with E-state index in [4.69, 9.17) is 0 Å². The summed E-state index contributed by atoms with van der Waals surface area (Å²) in [6.07, 6.45) is 1.98. The molecule has 2 fully saturated rings. The molecule has 0 aliphatic heterocycles. The highest BCUT2D eigenvalue weighted by Gasteiger charge is 2.67. The molecule has 0 bridgehead atoms. The first-order chi connectivity index (χ1) is 10.5. The van der Waals surface area contributed by atoms with Crippen LogP contribution in [0.15, 0.2) is 18.3 Å². The molecule has 124 valence electrons. The average Bonchev–Trinajstić information content (AvgIpc) is 3.08. The second kappa shape index (κ2) is 5.66. The van der Waals surface area contributed by atoms with Gasteiger partial charge in [0.25, 0.3) is 0 Å². The Balaban J connectivity index is 0.00000144. The van der Waals surface area contributed by atoms with Crippen LogP contribution in [0.3, 0.4) is 0 Å². The lowest BCUT2D eigenvalue weighted by atomic mass is 9.83. The highest BCUT2D eigenvalue weighted by Crippen LogP contribution is 2.68. The normalized spacial score (nSPS) is 28.5. The van der Waals surface area contributed by atoms with Gasteiger partial charge in [-0.1, -0.05) is 0 Å². The van der Waals surface area contributed by atoms with Crippen molar-refractivity contribution in [1.29, 1.82) is 0 Å². The summed E-state index contributed by atoms with van der Waals surface area (Å²) in [5.41, 5.74) is 0.571. The van der Waals surface area contributed by atoms with Gasteiger partial charge in [0.05, 0.1) is 0 Å². The molecule has 1 aromatic rings. The standard InChI is InChI=1S/C14H16F3N3O2.2H2/c15-10-5-14(4-9(10)14)7-20-13(21)19-6-8-1-2-18-11(3-8)22-12(16)17;;/h1-3,9-10,12H,4-7H2,(H2,19,20,21);2*1H/t9?,10-,14?;;/m1../s1. The van der Waals surface area contributed by atoms with Crippen molar-refractivity contribution in [3.63, 3.8) is 0 Å². The molecular weight excluding hydrogens is 299 g/mol. The van der Waals surface area contributed by atoms with E-state index < -0.39 is 12.8 Å². The van der Waals surface area contributed by atoms with Crippen molar-refractivity contribution in [1.82, 2.24) is 15.6 Å². The zero-order valence-electron chi connectivity index (χ0n) is 11.7. The van der Waals surface area contributed by atoms with E-state index in [0.29, 0.717) is 18.5 Å². The molecule has 2 unspecified atom stereocenters. The van der Waals surface area contributed by atoms with Gasteiger partial charge in [-0.2, -0.15) is 8.78 Å². The van der Waals surface area contributed by atoms with Crippen molar-refractivity contribution >= 4 is 6.03 Å². The molecule has 3 rings (SSSR count). The van der Waals surface area contributed by atoms with Crippen LogP contribution in [-0.4, -0.2) is 30.3 Å². The zero-order valence-corrected chi connectivity index (χ0v) is 11.7. The SMILES string of the molecule is O=C(NCc1ccnc(OC(F)F)c1)NCC12CC1[C@H](F)C2.[HH].[HH]. The molecule has 8 heteroatoms. The van der Waals surface area contributed by atoms with Crippen LogP contribution in [0.1, 0.15) is 21.3 Å². The van der Waals surface area contributed by atoms with E-state index in [9.17, 15) is 18.0 Å². The first-order valence-corrected chi connectivity index (χ1v) is 7.04. The van der Waals surface area contributed by atoms with Gasteiger partial charge in [0.15, 0.2) is 0 Å². The number of aromatic nitrogens is 1. The number of nitrogens with zero attached hydrogens (tertiary/aromatic N) is 1. The van der Waals surface area contributed by atoms with Gasteiger partial charge >= 0.3 is 12.6 Å². The van der Waals surface area contributed by atoms with Crippen LogP contribution in [0.25, 0.3) is 0 Å². The molecule has 22 heavy (non-hydrogen) atoms. The molecule has 2 saturated carbocycles. The van der Waals surface area contributed by atoms with Crippen LogP contribution in [0.5, 0.6) is 5.88 Å². The second-order valence-electron chi connectivity index (χ2n) is 5.81. The summed E-state index contributed by atoms with van der Waals surface area (Å²) in [7, 11) is 0. The molecule has 1 heterocycles. The number of nitrogens with one attached hydrogen (secondary N) is 2. The number of rotatable bonds is 6. The first kappa shape index (κ1) is 14.9. The van der Waals surface area contributed by atoms with E-state index in [0.717, 1.165) is 6.42 Å². The smallest absolute Gasteiger partial charge is 0.388 e. The third-order valence-electron chi connectivity index (χ3n) is 4.35. The molecule has 0 saturated heterocycles. The lowest BCUT2D eigenvalue weighted by Crippen LogP contribution is -2.42. The van der Waals surface area contributed by atoms with Gasteiger partial charge in [-0.05, 0) is 35.8 Å². The lowest BCUT2D eigenvalue weighted by molar-refractivity contribution is -0.0529. The quantitative estimate of drug-likeness (QED) is 0.847. The molecule has 2 aliphatic rings. The summed E-state index contributed by atoms with van der Waals surface area (Å²) in [4.78, 5) is 15.3. The van der Waals surface area contributed by atoms with Crippen molar-refractivity contribution in [2.45, 2.75) is 32.2 Å². The van der Waals surface area contributed by atoms with Gasteiger partial charge in [-0.15, -0.1) is 0 Å². The second-order valence-corrected chi connectivity index (χ2v) is 5.81. The summed E-state index contributed by atoms with van der Waals surface area (Å²) in [6, 6.07) is 2.56. The summed E-state index contributed by atoms with van der Waals surface area (Å²) in [6.45, 7) is -2.30. The minimum atomic E-state index is -2.94. The number of amides is 2. The average molecular weight is 319 g/mol. The molecule has 0 spiro atoms. The third kappa shape index (κ3) is 3.10. The van der Waals surface area contributed by atoms with Crippen LogP contribution in [0.4, 0.5) is 18.0 Å². The number of hydrogen-bond acceptors (Lipinski definition) is 3. The van der Waals surface area contributed by atoms with Gasteiger partial charge in [-0.25, -0.2) is 14.2 Å². The van der Waals surface area contributed by atoms with Crippen LogP contribution >= 0.6 is 0 Å². The van der Waals surface area contributed by atoms with E-state index in [1.165, 1.54) is 12.3 Å². The van der Waals surface area contributed by atoms with Crippen molar-refractivity contribution in [2.24, 2.45) is 11.3 Å². The minimum absolute atomic E-state index is 0. The predicted octanol–water partition coefficient (Wildman–Crippen LogP) is 2.72. The maximum atomic E-state index is 13.0. The third-order valence-corrected chi connectivity index (χ3v) is 4.35. The topological polar surface area (TPSA) is 63.2 Å². The predicted molar refractivity (Wildman–Crippen MR) is 75.4 cm³/mol. The minimum Gasteiger partial charge on any atom is -0.417 e. The fourth-order valence-electron chi connectivity index (χ4n) is 2.99. The Kier molecular flexibility index (Phi) is 3.84. The van der Waals surface area contributed by atoms with Crippen LogP contribution < -0.4 is 15.4 Å². The van der Waals surface area contributed by atoms with Crippen LogP contribution in [-0.2, 0) is 6.54 Å². The Morgan fingerprint density at radius 1 is 1.50 bits per heavy atom. The number of pyridine rings is 1. The fraction of sp³-hybridized carbons (Fsp3) is 0.571. The number of urea groups is 1. The van der Waals surface area contributed by atoms with Crippen molar-refractivity contribution < 1.29 is 25.6 Å². The number of hydrogen-bond donors (Lipinski definition) is 2. The van der Waals surface area contributed by atoms with Gasteiger partial charge in [0.2, 0.25) is 5.88 Å². The molecule has 3 atom stereocenters. The fourth-order valence-corrected chi connectivity index (χ4v) is 2.99. The van der Waals surface area contributed by atoms with E-state index in [1.54, 1.807) is 6.07 Å². The Morgan fingerprint density at radius 2 is 2.32 bits per heavy atom. The maximum absolute atomic E-state index is 13.0. The number of carbonyl (C=O) groups is 1. The Morgan fingerprint density at radius 3 is 2.95 bits per heavy atom. The van der Waals surface area contributed by atoms with E-state index in [-0.39, 0.29) is 32.6 Å². The summed E-state index contributed by atoms with van der Waals surface area (Å²) >= 11 is 0. The van der Waals surface area contributed by atoms with E-state index in [1.807, 2.05) is 0 Å². The number of halogens is 3. The summed E-state index contributed by atoms with van der Waals surface area (Å²) in [5, 5.41) is 5.34. The molecule has 2 N–H and O–H groups in total. The van der Waals surface area contributed by atoms with Crippen molar-refractivity contribution in [3.05, 3.63) is 23.9 Å². The van der Waals surface area contributed by atoms with E-state index in [2.05, 4.69) is 20.4 Å². The molecular formula is C14H20F3N3O2. The molecule has 1 aromatic heterocycles. The Hall–Kier alpha value is -1.99. The number of alkyl halides is 3. The van der Waals surface area contributed by atoms with Crippen LogP contribution in [0.2, 0.25) is 0 Å². The summed E-state index contributed by atoms with van der Waals surface area (Å²) in [5.74, 6) is -0.0834. The lowest BCUT2D eigenvalue weighted by Gasteiger charge is -2.29. The molecule has 5 nitrogen and oxygen atoms in total. The van der Waals surface area contributed by atoms with Gasteiger partial charge in [0, 0.05) is 28.2 Å². The van der Waals surface area contributed by atoms with Gasteiger partial charge in [-0.3, -0.25) is 0 Å². The molecule has 2 aliphatic carbocycles. The van der Waals surface area contributed by atoms with Gasteiger partial charge < -0.3 is 15.4 Å². The molecule has 0 aromatic carbocycles. The highest BCUT2D eigenvalue weighted by molar-refractivity contribution is 5.74. The van der Waals surface area contributed by atoms with Crippen LogP contribution in [0, 0.1) is 11.3 Å². The Labute approximate surface area is 128 Å². The number of carbonyl (C=O) groups excluding carboxylic acids is 1. The van der Waals surface area contributed by atoms with Crippen molar-refractivity contribution in [2.75, 3.05) is 6.54 Å².